The van der Waals surface area contributed by atoms with Gasteiger partial charge in [-0.05, 0) is 18.9 Å². The highest BCUT2D eigenvalue weighted by molar-refractivity contribution is 7.80. The molecule has 1 aromatic carbocycles. The minimum atomic E-state index is -0.0398. The predicted octanol–water partition coefficient (Wildman–Crippen LogP) is 3.79. The van der Waals surface area contributed by atoms with E-state index in [1.165, 1.54) is 0 Å². The zero-order chi connectivity index (χ0) is 17.8. The van der Waals surface area contributed by atoms with E-state index in [2.05, 4.69) is 41.3 Å². The van der Waals surface area contributed by atoms with Gasteiger partial charge in [-0.3, -0.25) is 4.68 Å². The fraction of sp³-hybridized carbons (Fsp3) is 0.474. The summed E-state index contributed by atoms with van der Waals surface area (Å²) in [6, 6.07) is 8.23. The smallest absolute Gasteiger partial charge is 0.143 e. The molecule has 1 aliphatic rings. The Balaban J connectivity index is 1.97. The molecule has 2 aromatic rings. The Morgan fingerprint density at radius 1 is 1.24 bits per heavy atom. The number of anilines is 1. The van der Waals surface area contributed by atoms with Crippen LogP contribution >= 0.6 is 12.2 Å². The van der Waals surface area contributed by atoms with Crippen molar-refractivity contribution in [2.75, 3.05) is 18.1 Å². The van der Waals surface area contributed by atoms with Crippen LogP contribution in [-0.2, 0) is 7.05 Å². The molecule has 0 saturated heterocycles. The average molecular weight is 359 g/mol. The zero-order valence-electron chi connectivity index (χ0n) is 15.2. The Bertz CT molecular complexity index is 743. The van der Waals surface area contributed by atoms with Crippen molar-refractivity contribution in [1.82, 2.24) is 15.1 Å². The molecule has 1 unspecified atom stereocenters. The molecule has 0 fully saturated rings. The third-order valence-electron chi connectivity index (χ3n) is 4.35. The highest BCUT2D eigenvalue weighted by Crippen LogP contribution is 2.36. The number of aryl methyl sites for hydroxylation is 1. The van der Waals surface area contributed by atoms with Gasteiger partial charge in [0, 0.05) is 25.4 Å². The molecular formula is C19H26N4OS. The Morgan fingerprint density at radius 2 is 2.04 bits per heavy atom. The summed E-state index contributed by atoms with van der Waals surface area (Å²) in [6.45, 7) is 6.01. The first-order chi connectivity index (χ1) is 12.2. The van der Waals surface area contributed by atoms with Crippen LogP contribution in [0.5, 0.6) is 5.75 Å². The van der Waals surface area contributed by atoms with Gasteiger partial charge in [-0.15, -0.1) is 0 Å². The number of hydrogen-bond donors (Lipinski definition) is 1. The summed E-state index contributed by atoms with van der Waals surface area (Å²) >= 11 is 5.58. The lowest BCUT2D eigenvalue weighted by molar-refractivity contribution is 0.303. The lowest BCUT2D eigenvalue weighted by Crippen LogP contribution is -2.46. The minimum absolute atomic E-state index is 0.0398. The molecule has 0 aliphatic carbocycles. The number of aromatic nitrogens is 2. The Morgan fingerprint density at radius 3 is 2.80 bits per heavy atom. The molecule has 0 radical (unpaired) electrons. The first kappa shape index (κ1) is 17.7. The minimum Gasteiger partial charge on any atom is -0.493 e. The Kier molecular flexibility index (Phi) is 5.58. The van der Waals surface area contributed by atoms with Crippen LogP contribution in [-0.4, -0.2) is 27.9 Å². The van der Waals surface area contributed by atoms with Crippen LogP contribution in [0.3, 0.4) is 0 Å². The van der Waals surface area contributed by atoms with Crippen LogP contribution in [0.4, 0.5) is 5.69 Å². The molecule has 1 N–H and O–H groups in total. The van der Waals surface area contributed by atoms with Gasteiger partial charge < -0.3 is 15.0 Å². The molecule has 1 aliphatic heterocycles. The van der Waals surface area contributed by atoms with E-state index in [1.54, 1.807) is 0 Å². The maximum Gasteiger partial charge on any atom is 0.143 e. The summed E-state index contributed by atoms with van der Waals surface area (Å²) in [5, 5.41) is 7.99. The van der Waals surface area contributed by atoms with Gasteiger partial charge in [-0.25, -0.2) is 0 Å². The van der Waals surface area contributed by atoms with Crippen LogP contribution < -0.4 is 15.0 Å². The van der Waals surface area contributed by atoms with Gasteiger partial charge >= 0.3 is 0 Å². The number of ether oxygens (including phenoxy) is 1. The number of rotatable bonds is 7. The first-order valence-corrected chi connectivity index (χ1v) is 9.39. The molecule has 2 heterocycles. The SMILES string of the molecule is CCCCOc1ccccc1C1NC(=S)c2nn(C)cc2N1CCC. The van der Waals surface area contributed by atoms with Crippen molar-refractivity contribution in [1.29, 1.82) is 0 Å². The van der Waals surface area contributed by atoms with E-state index in [0.29, 0.717) is 4.99 Å². The lowest BCUT2D eigenvalue weighted by Gasteiger charge is -2.38. The maximum absolute atomic E-state index is 6.05. The van der Waals surface area contributed by atoms with Gasteiger partial charge in [0.25, 0.3) is 0 Å². The number of thiocarbonyl (C=S) groups is 1. The number of nitrogens with one attached hydrogen (secondary N) is 1. The van der Waals surface area contributed by atoms with Gasteiger partial charge in [0.05, 0.1) is 12.3 Å². The number of benzene rings is 1. The van der Waals surface area contributed by atoms with Crippen LogP contribution in [0, 0.1) is 0 Å². The number of fused-ring (bicyclic) bond motifs is 1. The highest BCUT2D eigenvalue weighted by atomic mass is 32.1. The van der Waals surface area contributed by atoms with Gasteiger partial charge in [0.1, 0.15) is 22.6 Å². The lowest BCUT2D eigenvalue weighted by atomic mass is 10.1. The largest absolute Gasteiger partial charge is 0.493 e. The topological polar surface area (TPSA) is 42.3 Å². The van der Waals surface area contributed by atoms with Crippen LogP contribution in [0.1, 0.15) is 50.5 Å². The Labute approximate surface area is 155 Å². The fourth-order valence-electron chi connectivity index (χ4n) is 3.16. The molecule has 1 aromatic heterocycles. The zero-order valence-corrected chi connectivity index (χ0v) is 16.0. The second-order valence-electron chi connectivity index (χ2n) is 6.35. The molecule has 6 heteroatoms. The summed E-state index contributed by atoms with van der Waals surface area (Å²) in [6.07, 6.45) is 5.22. The second kappa shape index (κ2) is 7.87. The number of para-hydroxylation sites is 1. The molecule has 1 atom stereocenters. The van der Waals surface area contributed by atoms with Gasteiger partial charge in [0.2, 0.25) is 0 Å². The molecule has 25 heavy (non-hydrogen) atoms. The Hall–Kier alpha value is -2.08. The van der Waals surface area contributed by atoms with E-state index >= 15 is 0 Å². The average Bonchev–Trinajstić information content (AvgIpc) is 3.00. The van der Waals surface area contributed by atoms with Crippen molar-refractivity contribution in [3.63, 3.8) is 0 Å². The normalized spacial score (nSPS) is 16.5. The number of nitrogens with zero attached hydrogens (tertiary/aromatic N) is 3. The summed E-state index contributed by atoms with van der Waals surface area (Å²) in [5.74, 6) is 0.921. The van der Waals surface area contributed by atoms with Gasteiger partial charge in [0.15, 0.2) is 0 Å². The third kappa shape index (κ3) is 3.63. The van der Waals surface area contributed by atoms with E-state index in [1.807, 2.05) is 30.1 Å². The maximum atomic E-state index is 6.05. The predicted molar refractivity (Wildman–Crippen MR) is 105 cm³/mol. The molecule has 0 saturated carbocycles. The van der Waals surface area contributed by atoms with Crippen molar-refractivity contribution in [2.45, 2.75) is 39.3 Å². The van der Waals surface area contributed by atoms with Crippen molar-refractivity contribution in [2.24, 2.45) is 7.05 Å². The molecule has 5 nitrogen and oxygen atoms in total. The van der Waals surface area contributed by atoms with Gasteiger partial charge in [-0.2, -0.15) is 5.10 Å². The van der Waals surface area contributed by atoms with E-state index in [-0.39, 0.29) is 6.17 Å². The number of hydrogen-bond acceptors (Lipinski definition) is 4. The van der Waals surface area contributed by atoms with E-state index < -0.39 is 0 Å². The van der Waals surface area contributed by atoms with Crippen LogP contribution in [0.2, 0.25) is 0 Å². The van der Waals surface area contributed by atoms with Crippen molar-refractivity contribution < 1.29 is 4.74 Å². The van der Waals surface area contributed by atoms with E-state index in [0.717, 1.165) is 55.1 Å². The molecule has 0 bridgehead atoms. The second-order valence-corrected chi connectivity index (χ2v) is 6.75. The van der Waals surface area contributed by atoms with Crippen molar-refractivity contribution in [3.8, 4) is 5.75 Å². The monoisotopic (exact) mass is 358 g/mol. The third-order valence-corrected chi connectivity index (χ3v) is 4.66. The molecule has 3 rings (SSSR count). The highest BCUT2D eigenvalue weighted by Gasteiger charge is 2.33. The van der Waals surface area contributed by atoms with Gasteiger partial charge in [-0.1, -0.05) is 50.7 Å². The van der Waals surface area contributed by atoms with Crippen molar-refractivity contribution in [3.05, 3.63) is 41.7 Å². The molecular weight excluding hydrogens is 332 g/mol. The molecule has 0 amide bonds. The summed E-state index contributed by atoms with van der Waals surface area (Å²) in [4.78, 5) is 3.02. The van der Waals surface area contributed by atoms with E-state index in [9.17, 15) is 0 Å². The summed E-state index contributed by atoms with van der Waals surface area (Å²) < 4.78 is 7.88. The standard InChI is InChI=1S/C19H26N4OS/c1-4-6-12-24-16-10-8-7-9-14(16)18-20-19(25)17-15(13-22(3)21-17)23(18)11-5-2/h7-10,13,18H,4-6,11-12H2,1-3H3,(H,20,25). The van der Waals surface area contributed by atoms with Crippen LogP contribution in [0.15, 0.2) is 30.5 Å². The quantitative estimate of drug-likeness (QED) is 0.602. The van der Waals surface area contributed by atoms with Crippen molar-refractivity contribution >= 4 is 22.9 Å². The fourth-order valence-corrected chi connectivity index (χ4v) is 3.41. The summed E-state index contributed by atoms with van der Waals surface area (Å²) in [7, 11) is 1.93. The van der Waals surface area contributed by atoms with Crippen LogP contribution in [0.25, 0.3) is 0 Å². The first-order valence-electron chi connectivity index (χ1n) is 8.98. The summed E-state index contributed by atoms with van der Waals surface area (Å²) in [5.41, 5.74) is 3.05. The molecule has 0 spiro atoms. The molecule has 134 valence electrons. The van der Waals surface area contributed by atoms with E-state index in [4.69, 9.17) is 17.0 Å². The number of unbranched alkanes of at least 4 members (excludes halogenated alkanes) is 1.